The molecular formula is C17H21N3O2S. The first-order chi connectivity index (χ1) is 11.1. The lowest BCUT2D eigenvalue weighted by atomic mass is 10.1. The molecule has 6 heteroatoms. The second-order valence-electron chi connectivity index (χ2n) is 6.05. The number of aryl methyl sites for hydroxylation is 2. The van der Waals surface area contributed by atoms with E-state index in [0.717, 1.165) is 36.9 Å². The van der Waals surface area contributed by atoms with Gasteiger partial charge in [-0.2, -0.15) is 5.10 Å². The molecule has 0 radical (unpaired) electrons. The molecule has 1 aliphatic carbocycles. The standard InChI is InChI=1S/C17H21N3O2S/c1-12(18-17(22)15-8-5-9-23-15)11-20-16(21)10-13-6-3-2-4-7-14(13)19-20/h5,8-10,12H,2-4,6-7,11H2,1H3,(H,18,22)/t12-/m0/s1. The number of carbonyl (C=O) groups excluding carboxylic acids is 1. The van der Waals surface area contributed by atoms with Gasteiger partial charge in [-0.25, -0.2) is 4.68 Å². The smallest absolute Gasteiger partial charge is 0.267 e. The Balaban J connectivity index is 1.71. The van der Waals surface area contributed by atoms with Gasteiger partial charge in [0.1, 0.15) is 0 Å². The van der Waals surface area contributed by atoms with Gasteiger partial charge in [-0.3, -0.25) is 9.59 Å². The zero-order valence-corrected chi connectivity index (χ0v) is 14.1. The van der Waals surface area contributed by atoms with E-state index < -0.39 is 0 Å². The SMILES string of the molecule is C[C@@H](Cn1nc2c(cc1=O)CCCCC2)NC(=O)c1cccs1. The first-order valence-corrected chi connectivity index (χ1v) is 8.96. The fourth-order valence-electron chi connectivity index (χ4n) is 2.92. The Hall–Kier alpha value is -1.95. The fourth-order valence-corrected chi connectivity index (χ4v) is 3.54. The monoisotopic (exact) mass is 331 g/mol. The van der Waals surface area contributed by atoms with Crippen molar-refractivity contribution in [3.05, 3.63) is 50.1 Å². The Bertz CT molecular complexity index is 737. The molecule has 1 aliphatic rings. The molecule has 5 nitrogen and oxygen atoms in total. The maximum Gasteiger partial charge on any atom is 0.267 e. The van der Waals surface area contributed by atoms with Crippen molar-refractivity contribution in [1.82, 2.24) is 15.1 Å². The molecule has 2 aromatic heterocycles. The third-order valence-corrected chi connectivity index (χ3v) is 4.96. The minimum Gasteiger partial charge on any atom is -0.347 e. The van der Waals surface area contributed by atoms with E-state index in [1.165, 1.54) is 22.4 Å². The minimum atomic E-state index is -0.154. The fraction of sp³-hybridized carbons (Fsp3) is 0.471. The van der Waals surface area contributed by atoms with Crippen LogP contribution in [0.15, 0.2) is 28.4 Å². The Morgan fingerprint density at radius 2 is 2.22 bits per heavy atom. The highest BCUT2D eigenvalue weighted by atomic mass is 32.1. The molecule has 0 fully saturated rings. The zero-order valence-electron chi connectivity index (χ0n) is 13.2. The summed E-state index contributed by atoms with van der Waals surface area (Å²) in [6, 6.07) is 5.21. The van der Waals surface area contributed by atoms with E-state index in [0.29, 0.717) is 11.4 Å². The van der Waals surface area contributed by atoms with Crippen LogP contribution < -0.4 is 10.9 Å². The third-order valence-electron chi connectivity index (χ3n) is 4.09. The Morgan fingerprint density at radius 1 is 1.39 bits per heavy atom. The molecule has 0 aliphatic heterocycles. The number of fused-ring (bicyclic) bond motifs is 1. The van der Waals surface area contributed by atoms with Gasteiger partial charge in [0.15, 0.2) is 0 Å². The highest BCUT2D eigenvalue weighted by Crippen LogP contribution is 2.16. The van der Waals surface area contributed by atoms with Crippen LogP contribution in [0.2, 0.25) is 0 Å². The lowest BCUT2D eigenvalue weighted by Gasteiger charge is -2.15. The average Bonchev–Trinajstić information content (AvgIpc) is 2.96. The highest BCUT2D eigenvalue weighted by molar-refractivity contribution is 7.12. The Morgan fingerprint density at radius 3 is 3.00 bits per heavy atom. The van der Waals surface area contributed by atoms with E-state index in [4.69, 9.17) is 0 Å². The highest BCUT2D eigenvalue weighted by Gasteiger charge is 2.15. The summed E-state index contributed by atoms with van der Waals surface area (Å²) in [7, 11) is 0. The molecule has 122 valence electrons. The van der Waals surface area contributed by atoms with Gasteiger partial charge in [0.2, 0.25) is 0 Å². The second kappa shape index (κ2) is 7.08. The molecule has 2 aromatic rings. The van der Waals surface area contributed by atoms with E-state index in [1.54, 1.807) is 12.1 Å². The summed E-state index contributed by atoms with van der Waals surface area (Å²) >= 11 is 1.41. The van der Waals surface area contributed by atoms with E-state index in [1.807, 2.05) is 18.4 Å². The number of thiophene rings is 1. The van der Waals surface area contributed by atoms with Crippen LogP contribution in [0.1, 0.15) is 47.1 Å². The van der Waals surface area contributed by atoms with Gasteiger partial charge < -0.3 is 5.32 Å². The number of hydrogen-bond acceptors (Lipinski definition) is 4. The molecule has 0 saturated heterocycles. The van der Waals surface area contributed by atoms with Crippen LogP contribution >= 0.6 is 11.3 Å². The van der Waals surface area contributed by atoms with E-state index in [2.05, 4.69) is 10.4 Å². The van der Waals surface area contributed by atoms with Crippen LogP contribution in [0.3, 0.4) is 0 Å². The second-order valence-corrected chi connectivity index (χ2v) is 7.00. The predicted octanol–water partition coefficient (Wildman–Crippen LogP) is 2.39. The molecule has 3 rings (SSSR count). The maximum atomic E-state index is 12.2. The van der Waals surface area contributed by atoms with Crippen molar-refractivity contribution in [3.63, 3.8) is 0 Å². The van der Waals surface area contributed by atoms with Crippen molar-refractivity contribution >= 4 is 17.2 Å². The summed E-state index contributed by atoms with van der Waals surface area (Å²) in [5.41, 5.74) is 2.06. The van der Waals surface area contributed by atoms with Crippen LogP contribution in [-0.4, -0.2) is 21.7 Å². The van der Waals surface area contributed by atoms with Crippen molar-refractivity contribution in [2.75, 3.05) is 0 Å². The van der Waals surface area contributed by atoms with Crippen molar-refractivity contribution in [3.8, 4) is 0 Å². The van der Waals surface area contributed by atoms with Gasteiger partial charge >= 0.3 is 0 Å². The molecule has 1 amide bonds. The molecule has 2 heterocycles. The van der Waals surface area contributed by atoms with E-state index in [9.17, 15) is 9.59 Å². The molecule has 0 bridgehead atoms. The summed E-state index contributed by atoms with van der Waals surface area (Å²) in [5.74, 6) is -0.102. The number of carbonyl (C=O) groups is 1. The minimum absolute atomic E-state index is 0.0807. The number of hydrogen-bond donors (Lipinski definition) is 1. The molecule has 1 N–H and O–H groups in total. The molecule has 0 aromatic carbocycles. The normalized spacial score (nSPS) is 15.5. The van der Waals surface area contributed by atoms with Crippen LogP contribution in [0.25, 0.3) is 0 Å². The quantitative estimate of drug-likeness (QED) is 0.875. The first-order valence-electron chi connectivity index (χ1n) is 8.08. The first kappa shape index (κ1) is 15.9. The van der Waals surface area contributed by atoms with Gasteiger partial charge in [-0.15, -0.1) is 11.3 Å². The predicted molar refractivity (Wildman–Crippen MR) is 91.0 cm³/mol. The van der Waals surface area contributed by atoms with Crippen molar-refractivity contribution in [1.29, 1.82) is 0 Å². The topological polar surface area (TPSA) is 64.0 Å². The summed E-state index contributed by atoms with van der Waals surface area (Å²) in [6.45, 7) is 2.29. The van der Waals surface area contributed by atoms with Gasteiger partial charge in [-0.05, 0) is 49.6 Å². The molecular weight excluding hydrogens is 310 g/mol. The number of aromatic nitrogens is 2. The van der Waals surface area contributed by atoms with Crippen LogP contribution in [0.4, 0.5) is 0 Å². The molecule has 23 heavy (non-hydrogen) atoms. The number of amides is 1. The molecule has 0 spiro atoms. The molecule has 0 unspecified atom stereocenters. The van der Waals surface area contributed by atoms with Gasteiger partial charge in [0.05, 0.1) is 17.1 Å². The van der Waals surface area contributed by atoms with Crippen LogP contribution in [0, 0.1) is 0 Å². The van der Waals surface area contributed by atoms with Crippen molar-refractivity contribution in [2.24, 2.45) is 0 Å². The summed E-state index contributed by atoms with van der Waals surface area (Å²) in [4.78, 5) is 25.0. The van der Waals surface area contributed by atoms with Crippen LogP contribution in [-0.2, 0) is 19.4 Å². The van der Waals surface area contributed by atoms with E-state index in [-0.39, 0.29) is 17.5 Å². The lowest BCUT2D eigenvalue weighted by molar-refractivity contribution is 0.0939. The number of nitrogens with one attached hydrogen (secondary N) is 1. The zero-order chi connectivity index (χ0) is 16.2. The summed E-state index contributed by atoms with van der Waals surface area (Å²) < 4.78 is 1.49. The van der Waals surface area contributed by atoms with E-state index >= 15 is 0 Å². The van der Waals surface area contributed by atoms with Crippen LogP contribution in [0.5, 0.6) is 0 Å². The maximum absolute atomic E-state index is 12.2. The number of rotatable bonds is 4. The summed E-state index contributed by atoms with van der Waals surface area (Å²) in [6.07, 6.45) is 5.33. The average molecular weight is 331 g/mol. The largest absolute Gasteiger partial charge is 0.347 e. The number of nitrogens with zero attached hydrogens (tertiary/aromatic N) is 2. The van der Waals surface area contributed by atoms with Gasteiger partial charge in [0.25, 0.3) is 11.5 Å². The van der Waals surface area contributed by atoms with Gasteiger partial charge in [0, 0.05) is 12.1 Å². The lowest BCUT2D eigenvalue weighted by Crippen LogP contribution is -2.39. The van der Waals surface area contributed by atoms with Gasteiger partial charge in [-0.1, -0.05) is 12.5 Å². The third kappa shape index (κ3) is 3.88. The van der Waals surface area contributed by atoms with Crippen molar-refractivity contribution in [2.45, 2.75) is 51.6 Å². The Kier molecular flexibility index (Phi) is 4.91. The van der Waals surface area contributed by atoms with Crippen molar-refractivity contribution < 1.29 is 4.79 Å². The summed E-state index contributed by atoms with van der Waals surface area (Å²) in [5, 5.41) is 9.33. The molecule has 0 saturated carbocycles. The Labute approximate surface area is 139 Å². The molecule has 1 atom stereocenters.